The van der Waals surface area contributed by atoms with Crippen LogP contribution in [-0.4, -0.2) is 110 Å². The molecule has 10 unspecified atom stereocenters. The first kappa shape index (κ1) is 21.9. The van der Waals surface area contributed by atoms with E-state index in [1.807, 2.05) is 0 Å². The molecular formula is C15H28O11. The molecule has 0 aromatic heterocycles. The molecule has 0 bridgehead atoms. The Morgan fingerprint density at radius 1 is 0.769 bits per heavy atom. The van der Waals surface area contributed by atoms with E-state index in [9.17, 15) is 15.3 Å². The van der Waals surface area contributed by atoms with E-state index in [1.54, 1.807) is 6.92 Å². The molecule has 11 nitrogen and oxygen atoms in total. The van der Waals surface area contributed by atoms with Gasteiger partial charge in [-0.1, -0.05) is 0 Å². The maximum atomic E-state index is 10.3. The summed E-state index contributed by atoms with van der Waals surface area (Å²) in [5.74, 6) is 0. The molecule has 0 aromatic carbocycles. The second-order valence-corrected chi connectivity index (χ2v) is 6.26. The Balaban J connectivity index is 2.14. The zero-order valence-electron chi connectivity index (χ0n) is 15.1. The summed E-state index contributed by atoms with van der Waals surface area (Å²) >= 11 is 0. The highest BCUT2D eigenvalue weighted by Crippen LogP contribution is 2.31. The molecule has 0 amide bonds. The topological polar surface area (TPSA) is 146 Å². The van der Waals surface area contributed by atoms with Crippen molar-refractivity contribution < 1.29 is 53.9 Å². The van der Waals surface area contributed by atoms with Crippen molar-refractivity contribution in [3.05, 3.63) is 0 Å². The van der Waals surface area contributed by atoms with Crippen LogP contribution < -0.4 is 0 Å². The van der Waals surface area contributed by atoms with Gasteiger partial charge in [0.05, 0.1) is 6.10 Å². The van der Waals surface area contributed by atoms with Gasteiger partial charge < -0.3 is 43.7 Å². The summed E-state index contributed by atoms with van der Waals surface area (Å²) < 4.78 is 32.4. The Kier molecular flexibility index (Phi) is 8.12. The minimum absolute atomic E-state index is 0.305. The summed E-state index contributed by atoms with van der Waals surface area (Å²) in [6.07, 6.45) is -10.2. The van der Waals surface area contributed by atoms with Gasteiger partial charge in [0.15, 0.2) is 12.6 Å². The Morgan fingerprint density at radius 3 is 1.96 bits per heavy atom. The van der Waals surface area contributed by atoms with Crippen molar-refractivity contribution in [2.24, 2.45) is 0 Å². The first-order valence-corrected chi connectivity index (χ1v) is 8.24. The second kappa shape index (κ2) is 9.66. The summed E-state index contributed by atoms with van der Waals surface area (Å²) in [6, 6.07) is 0. The number of methoxy groups -OCH3 is 3. The fraction of sp³-hybridized carbons (Fsp3) is 1.00. The molecule has 0 radical (unpaired) electrons. The van der Waals surface area contributed by atoms with Crippen molar-refractivity contribution in [2.45, 2.75) is 68.3 Å². The van der Waals surface area contributed by atoms with E-state index in [0.717, 1.165) is 0 Å². The Bertz CT molecular complexity index is 424. The fourth-order valence-corrected chi connectivity index (χ4v) is 3.31. The fourth-order valence-electron chi connectivity index (χ4n) is 3.31. The van der Waals surface area contributed by atoms with E-state index in [1.165, 1.54) is 21.3 Å². The van der Waals surface area contributed by atoms with E-state index in [2.05, 4.69) is 4.89 Å². The molecule has 2 saturated heterocycles. The molecule has 26 heavy (non-hydrogen) atoms. The molecule has 2 heterocycles. The highest BCUT2D eigenvalue weighted by molar-refractivity contribution is 4.94. The van der Waals surface area contributed by atoms with Crippen molar-refractivity contribution in [3.8, 4) is 0 Å². The number of hydrogen-bond acceptors (Lipinski definition) is 11. The summed E-state index contributed by atoms with van der Waals surface area (Å²) in [6.45, 7) is 1.38. The Hall–Kier alpha value is -0.440. The highest BCUT2D eigenvalue weighted by atomic mass is 17.1. The van der Waals surface area contributed by atoms with Crippen molar-refractivity contribution in [2.75, 3.05) is 27.9 Å². The number of hydrogen-bond donors (Lipinski definition) is 4. The van der Waals surface area contributed by atoms with Crippen molar-refractivity contribution >= 4 is 0 Å². The molecule has 2 aliphatic rings. The molecule has 2 rings (SSSR count). The van der Waals surface area contributed by atoms with Crippen LogP contribution in [0.2, 0.25) is 0 Å². The minimum Gasteiger partial charge on any atom is -0.387 e. The molecule has 11 heteroatoms. The van der Waals surface area contributed by atoms with E-state index in [4.69, 9.17) is 33.7 Å². The van der Waals surface area contributed by atoms with Gasteiger partial charge in [-0.2, -0.15) is 0 Å². The van der Waals surface area contributed by atoms with E-state index in [0.29, 0.717) is 0 Å². The average molecular weight is 384 g/mol. The second-order valence-electron chi connectivity index (χ2n) is 6.26. The summed E-state index contributed by atoms with van der Waals surface area (Å²) in [5, 5.41) is 39.6. The van der Waals surface area contributed by atoms with Crippen LogP contribution in [0.3, 0.4) is 0 Å². The summed E-state index contributed by atoms with van der Waals surface area (Å²) in [5.41, 5.74) is 0. The van der Waals surface area contributed by atoms with Crippen LogP contribution in [0.4, 0.5) is 0 Å². The zero-order chi connectivity index (χ0) is 19.4. The van der Waals surface area contributed by atoms with Crippen molar-refractivity contribution in [3.63, 3.8) is 0 Å². The Labute approximate surface area is 151 Å². The van der Waals surface area contributed by atoms with Crippen molar-refractivity contribution in [1.82, 2.24) is 0 Å². The minimum atomic E-state index is -1.45. The molecule has 4 N–H and O–H groups in total. The van der Waals surface area contributed by atoms with Crippen molar-refractivity contribution in [1.29, 1.82) is 0 Å². The van der Waals surface area contributed by atoms with Crippen LogP contribution in [0.25, 0.3) is 0 Å². The van der Waals surface area contributed by atoms with Crippen LogP contribution in [-0.2, 0) is 33.3 Å². The number of ether oxygens (including phenoxy) is 6. The van der Waals surface area contributed by atoms with Crippen LogP contribution in [0.1, 0.15) is 6.92 Å². The third-order valence-corrected chi connectivity index (χ3v) is 4.70. The quantitative estimate of drug-likeness (QED) is 0.288. The normalized spacial score (nSPS) is 47.1. The van der Waals surface area contributed by atoms with Gasteiger partial charge in [-0.15, -0.1) is 0 Å². The number of rotatable bonds is 7. The molecule has 0 aromatic rings. The first-order valence-electron chi connectivity index (χ1n) is 8.24. The largest absolute Gasteiger partial charge is 0.387 e. The molecule has 2 fully saturated rings. The third-order valence-electron chi connectivity index (χ3n) is 4.70. The lowest BCUT2D eigenvalue weighted by molar-refractivity contribution is -0.367. The highest BCUT2D eigenvalue weighted by Gasteiger charge is 2.50. The average Bonchev–Trinajstić information content (AvgIpc) is 2.62. The van der Waals surface area contributed by atoms with Gasteiger partial charge in [-0.25, -0.2) is 4.89 Å². The SMILES string of the molecule is COC1OC(C)C(OC2OC(COO)C(OC)C(O)C2O)C(OC)C1O. The standard InChI is InChI=1S/C15H28O11/c1-6-11(13(21-3)10(18)14(22-4)24-6)26-15-9(17)8(16)12(20-2)7(25-15)5-23-19/h6-19H,5H2,1-4H3. The predicted molar refractivity (Wildman–Crippen MR) is 83.1 cm³/mol. The van der Waals surface area contributed by atoms with Gasteiger partial charge in [0.2, 0.25) is 0 Å². The van der Waals surface area contributed by atoms with Gasteiger partial charge in [0, 0.05) is 21.3 Å². The van der Waals surface area contributed by atoms with Crippen LogP contribution >= 0.6 is 0 Å². The molecule has 10 atom stereocenters. The van der Waals surface area contributed by atoms with Crippen LogP contribution in [0.5, 0.6) is 0 Å². The van der Waals surface area contributed by atoms with Gasteiger partial charge in [-0.05, 0) is 6.92 Å². The van der Waals surface area contributed by atoms with Crippen LogP contribution in [0, 0.1) is 0 Å². The molecule has 0 saturated carbocycles. The lowest BCUT2D eigenvalue weighted by Crippen LogP contribution is -2.64. The number of aliphatic hydroxyl groups is 3. The van der Waals surface area contributed by atoms with E-state index < -0.39 is 61.4 Å². The Morgan fingerprint density at radius 2 is 1.42 bits per heavy atom. The lowest BCUT2D eigenvalue weighted by atomic mass is 9.97. The lowest BCUT2D eigenvalue weighted by Gasteiger charge is -2.46. The molecular weight excluding hydrogens is 356 g/mol. The number of aliphatic hydroxyl groups excluding tert-OH is 3. The molecule has 0 aliphatic carbocycles. The third kappa shape index (κ3) is 4.34. The van der Waals surface area contributed by atoms with E-state index in [-0.39, 0.29) is 6.61 Å². The van der Waals surface area contributed by atoms with Gasteiger partial charge >= 0.3 is 0 Å². The molecule has 0 spiro atoms. The maximum Gasteiger partial charge on any atom is 0.187 e. The van der Waals surface area contributed by atoms with Crippen LogP contribution in [0.15, 0.2) is 0 Å². The van der Waals surface area contributed by atoms with Gasteiger partial charge in [0.25, 0.3) is 0 Å². The molecule has 2 aliphatic heterocycles. The summed E-state index contributed by atoms with van der Waals surface area (Å²) in [7, 11) is 4.11. The van der Waals surface area contributed by atoms with Gasteiger partial charge in [-0.3, -0.25) is 5.26 Å². The predicted octanol–water partition coefficient (Wildman–Crippen LogP) is -1.91. The monoisotopic (exact) mass is 384 g/mol. The maximum absolute atomic E-state index is 10.3. The smallest absolute Gasteiger partial charge is 0.187 e. The molecule has 154 valence electrons. The first-order chi connectivity index (χ1) is 12.4. The van der Waals surface area contributed by atoms with E-state index >= 15 is 0 Å². The zero-order valence-corrected chi connectivity index (χ0v) is 15.1. The summed E-state index contributed by atoms with van der Waals surface area (Å²) in [4.78, 5) is 4.09. The van der Waals surface area contributed by atoms with Gasteiger partial charge in [0.1, 0.15) is 49.3 Å².